The van der Waals surface area contributed by atoms with Gasteiger partial charge in [0.05, 0.1) is 13.3 Å². The molecule has 0 spiro atoms. The Balaban J connectivity index is 2.83. The number of alkyl halides is 1. The Hall–Kier alpha value is -1.10. The molecular weight excluding hydrogens is 231 g/mol. The van der Waals surface area contributed by atoms with Crippen molar-refractivity contribution in [3.8, 4) is 5.75 Å². The molecule has 0 bridgehead atoms. The summed E-state index contributed by atoms with van der Waals surface area (Å²) in [7, 11) is 0. The van der Waals surface area contributed by atoms with Crippen LogP contribution in [-0.4, -0.2) is 24.4 Å². The molecule has 90 valence electrons. The first-order chi connectivity index (χ1) is 7.56. The van der Waals surface area contributed by atoms with Gasteiger partial charge in [0.25, 0.3) is 0 Å². The smallest absolute Gasteiger partial charge is 0.349 e. The number of thiophene rings is 1. The number of ether oxygens (including phenoxy) is 1. The lowest BCUT2D eigenvalue weighted by molar-refractivity contribution is 0.0698. The number of carbonyl (C=O) groups is 1. The summed E-state index contributed by atoms with van der Waals surface area (Å²) < 4.78 is 17.2. The molecule has 3 nitrogen and oxygen atoms in total. The zero-order valence-corrected chi connectivity index (χ0v) is 10.1. The molecular formula is C11H15FO3S. The Labute approximate surface area is 97.9 Å². The van der Waals surface area contributed by atoms with Crippen LogP contribution in [0.3, 0.4) is 0 Å². The van der Waals surface area contributed by atoms with Crippen LogP contribution in [0, 0.1) is 0 Å². The van der Waals surface area contributed by atoms with Crippen molar-refractivity contribution in [3.05, 3.63) is 15.8 Å². The summed E-state index contributed by atoms with van der Waals surface area (Å²) in [6.45, 7) is 3.74. The van der Waals surface area contributed by atoms with Crippen molar-refractivity contribution in [2.45, 2.75) is 26.2 Å². The molecule has 1 heterocycles. The number of aromatic carboxylic acids is 1. The summed E-state index contributed by atoms with van der Waals surface area (Å²) >= 11 is 1.22. The van der Waals surface area contributed by atoms with Gasteiger partial charge in [-0.05, 0) is 12.0 Å². The molecule has 0 unspecified atom stereocenters. The SMILES string of the molecule is CC(C)c1cc(OCCCF)c(C(=O)O)s1. The van der Waals surface area contributed by atoms with E-state index in [0.29, 0.717) is 5.75 Å². The zero-order chi connectivity index (χ0) is 12.1. The number of halogens is 1. The first-order valence-corrected chi connectivity index (χ1v) is 5.93. The Morgan fingerprint density at radius 3 is 2.81 bits per heavy atom. The molecule has 0 aliphatic rings. The van der Waals surface area contributed by atoms with E-state index in [9.17, 15) is 9.18 Å². The molecule has 16 heavy (non-hydrogen) atoms. The summed E-state index contributed by atoms with van der Waals surface area (Å²) in [4.78, 5) is 12.1. The largest absolute Gasteiger partial charge is 0.492 e. The topological polar surface area (TPSA) is 46.5 Å². The molecule has 1 rings (SSSR count). The third-order valence-corrected chi connectivity index (χ3v) is 3.42. The average Bonchev–Trinajstić information content (AvgIpc) is 2.62. The van der Waals surface area contributed by atoms with E-state index in [2.05, 4.69) is 0 Å². The summed E-state index contributed by atoms with van der Waals surface area (Å²) in [5, 5.41) is 8.97. The molecule has 0 amide bonds. The molecule has 1 aromatic heterocycles. The van der Waals surface area contributed by atoms with Crippen LogP contribution in [-0.2, 0) is 0 Å². The molecule has 0 fully saturated rings. The van der Waals surface area contributed by atoms with E-state index < -0.39 is 12.6 Å². The summed E-state index contributed by atoms with van der Waals surface area (Å²) in [5.74, 6) is -0.372. The summed E-state index contributed by atoms with van der Waals surface area (Å²) in [5.41, 5.74) is 0. The molecule has 0 atom stereocenters. The monoisotopic (exact) mass is 246 g/mol. The molecule has 0 aliphatic heterocycles. The van der Waals surface area contributed by atoms with E-state index in [1.54, 1.807) is 6.07 Å². The first-order valence-electron chi connectivity index (χ1n) is 5.12. The second-order valence-electron chi connectivity index (χ2n) is 3.69. The highest BCUT2D eigenvalue weighted by Crippen LogP contribution is 2.33. The van der Waals surface area contributed by atoms with Crippen molar-refractivity contribution >= 4 is 17.3 Å². The molecule has 0 aromatic carbocycles. The van der Waals surface area contributed by atoms with Crippen LogP contribution in [0.1, 0.15) is 40.7 Å². The third kappa shape index (κ3) is 3.20. The number of rotatable bonds is 6. The minimum absolute atomic E-state index is 0.197. The fourth-order valence-corrected chi connectivity index (χ4v) is 2.11. The highest BCUT2D eigenvalue weighted by molar-refractivity contribution is 7.14. The van der Waals surface area contributed by atoms with Crippen LogP contribution in [0.2, 0.25) is 0 Å². The van der Waals surface area contributed by atoms with Crippen molar-refractivity contribution < 1.29 is 19.0 Å². The first kappa shape index (κ1) is 13.0. The summed E-state index contributed by atoms with van der Waals surface area (Å²) in [6.07, 6.45) is 0.284. The highest BCUT2D eigenvalue weighted by atomic mass is 32.1. The predicted molar refractivity (Wildman–Crippen MR) is 61.5 cm³/mol. The van der Waals surface area contributed by atoms with Gasteiger partial charge in [0.1, 0.15) is 5.75 Å². The van der Waals surface area contributed by atoms with Crippen molar-refractivity contribution in [2.75, 3.05) is 13.3 Å². The molecule has 1 N–H and O–H groups in total. The third-order valence-electron chi connectivity index (χ3n) is 2.02. The van der Waals surface area contributed by atoms with Gasteiger partial charge in [-0.15, -0.1) is 11.3 Å². The van der Waals surface area contributed by atoms with Gasteiger partial charge in [0.15, 0.2) is 4.88 Å². The Bertz CT molecular complexity index is 360. The van der Waals surface area contributed by atoms with Crippen molar-refractivity contribution in [1.29, 1.82) is 0 Å². The lowest BCUT2D eigenvalue weighted by Gasteiger charge is -2.02. The maximum absolute atomic E-state index is 11.9. The van der Waals surface area contributed by atoms with Crippen LogP contribution in [0.5, 0.6) is 5.75 Å². The standard InChI is InChI=1S/C11H15FO3S/c1-7(2)9-6-8(15-5-3-4-12)10(16-9)11(13)14/h6-7H,3-5H2,1-2H3,(H,13,14). The number of hydrogen-bond donors (Lipinski definition) is 1. The van der Waals surface area contributed by atoms with Crippen molar-refractivity contribution in [3.63, 3.8) is 0 Å². The van der Waals surface area contributed by atoms with Crippen LogP contribution >= 0.6 is 11.3 Å². The predicted octanol–water partition coefficient (Wildman–Crippen LogP) is 3.31. The lowest BCUT2D eigenvalue weighted by Crippen LogP contribution is -2.01. The second-order valence-corrected chi connectivity index (χ2v) is 4.78. The Morgan fingerprint density at radius 1 is 1.62 bits per heavy atom. The van der Waals surface area contributed by atoms with Crippen molar-refractivity contribution in [2.24, 2.45) is 0 Å². The Kier molecular flexibility index (Phi) is 4.73. The number of hydrogen-bond acceptors (Lipinski definition) is 3. The zero-order valence-electron chi connectivity index (χ0n) is 9.33. The fraction of sp³-hybridized carbons (Fsp3) is 0.545. The van der Waals surface area contributed by atoms with Crippen molar-refractivity contribution in [1.82, 2.24) is 0 Å². The second kappa shape index (κ2) is 5.84. The maximum atomic E-state index is 11.9. The maximum Gasteiger partial charge on any atom is 0.349 e. The Morgan fingerprint density at radius 2 is 2.31 bits per heavy atom. The van der Waals surface area contributed by atoms with E-state index in [1.807, 2.05) is 13.8 Å². The van der Waals surface area contributed by atoms with Gasteiger partial charge >= 0.3 is 5.97 Å². The molecule has 0 saturated heterocycles. The van der Waals surface area contributed by atoms with Crippen LogP contribution in [0.4, 0.5) is 4.39 Å². The molecule has 0 radical (unpaired) electrons. The van der Waals surface area contributed by atoms with Gasteiger partial charge in [-0.1, -0.05) is 13.8 Å². The van der Waals surface area contributed by atoms with Gasteiger partial charge in [0, 0.05) is 11.3 Å². The fourth-order valence-electron chi connectivity index (χ4n) is 1.17. The molecule has 0 saturated carbocycles. The van der Waals surface area contributed by atoms with E-state index in [0.717, 1.165) is 4.88 Å². The number of carboxylic acid groups (broad SMARTS) is 1. The molecule has 0 aliphatic carbocycles. The van der Waals surface area contributed by atoms with Crippen LogP contribution in [0.15, 0.2) is 6.07 Å². The van der Waals surface area contributed by atoms with Crippen LogP contribution < -0.4 is 4.74 Å². The van der Waals surface area contributed by atoms with Crippen LogP contribution in [0.25, 0.3) is 0 Å². The lowest BCUT2D eigenvalue weighted by atomic mass is 10.2. The van der Waals surface area contributed by atoms with Gasteiger partial charge in [-0.3, -0.25) is 4.39 Å². The minimum Gasteiger partial charge on any atom is -0.492 e. The highest BCUT2D eigenvalue weighted by Gasteiger charge is 2.17. The quantitative estimate of drug-likeness (QED) is 0.783. The van der Waals surface area contributed by atoms with E-state index in [-0.39, 0.29) is 23.8 Å². The molecule has 1 aromatic rings. The van der Waals surface area contributed by atoms with E-state index in [1.165, 1.54) is 11.3 Å². The average molecular weight is 246 g/mol. The van der Waals surface area contributed by atoms with E-state index >= 15 is 0 Å². The van der Waals surface area contributed by atoms with Gasteiger partial charge in [-0.2, -0.15) is 0 Å². The van der Waals surface area contributed by atoms with Gasteiger partial charge in [0.2, 0.25) is 0 Å². The molecule has 5 heteroatoms. The van der Waals surface area contributed by atoms with Gasteiger partial charge in [-0.25, -0.2) is 4.79 Å². The normalized spacial score (nSPS) is 10.8. The minimum atomic E-state index is -0.993. The number of carboxylic acids is 1. The van der Waals surface area contributed by atoms with E-state index in [4.69, 9.17) is 9.84 Å². The van der Waals surface area contributed by atoms with Gasteiger partial charge < -0.3 is 9.84 Å². The summed E-state index contributed by atoms with van der Waals surface area (Å²) in [6, 6.07) is 1.73.